The lowest BCUT2D eigenvalue weighted by atomic mass is 10.0. The van der Waals surface area contributed by atoms with Crippen molar-refractivity contribution in [1.82, 2.24) is 14.9 Å². The van der Waals surface area contributed by atoms with Crippen LogP contribution in [0.5, 0.6) is 0 Å². The van der Waals surface area contributed by atoms with Gasteiger partial charge in [0.25, 0.3) is 0 Å². The van der Waals surface area contributed by atoms with Crippen LogP contribution < -0.4 is 10.6 Å². The Balaban J connectivity index is 1.63. The third-order valence-electron chi connectivity index (χ3n) is 4.44. The normalized spacial score (nSPS) is 33.3. The average molecular weight is 309 g/mol. The number of anilines is 1. The summed E-state index contributed by atoms with van der Waals surface area (Å²) in [6, 6.07) is 1.63. The van der Waals surface area contributed by atoms with Gasteiger partial charge in [0.2, 0.25) is 5.95 Å². The number of aromatic nitrogens is 2. The Kier molecular flexibility index (Phi) is 4.84. The molecule has 2 fully saturated rings. The number of rotatable bonds is 4. The van der Waals surface area contributed by atoms with Crippen molar-refractivity contribution in [2.75, 3.05) is 44.2 Å². The molecule has 4 N–H and O–H groups in total. The van der Waals surface area contributed by atoms with Crippen LogP contribution in [0.3, 0.4) is 0 Å². The molecule has 3 rings (SSSR count). The lowest BCUT2D eigenvalue weighted by Crippen LogP contribution is -2.57. The first-order valence-electron chi connectivity index (χ1n) is 7.65. The van der Waals surface area contributed by atoms with Crippen molar-refractivity contribution in [2.24, 2.45) is 5.73 Å². The number of piperazine rings is 1. The van der Waals surface area contributed by atoms with Gasteiger partial charge in [0, 0.05) is 45.1 Å². The predicted octanol–water partition coefficient (Wildman–Crippen LogP) is -1.95. The number of hydrogen-bond donors (Lipinski definition) is 3. The van der Waals surface area contributed by atoms with Crippen molar-refractivity contribution in [3.8, 4) is 0 Å². The first kappa shape index (κ1) is 15.6. The highest BCUT2D eigenvalue weighted by Gasteiger charge is 2.46. The molecule has 1 aromatic rings. The summed E-state index contributed by atoms with van der Waals surface area (Å²) in [4.78, 5) is 12.8. The summed E-state index contributed by atoms with van der Waals surface area (Å²) in [5.74, 6) is 0.731. The Morgan fingerprint density at radius 2 is 1.86 bits per heavy atom. The van der Waals surface area contributed by atoms with Crippen molar-refractivity contribution < 1.29 is 14.9 Å². The molecule has 0 saturated carbocycles. The molecule has 8 nitrogen and oxygen atoms in total. The number of nitrogens with two attached hydrogens (primary N) is 1. The summed E-state index contributed by atoms with van der Waals surface area (Å²) >= 11 is 0. The molecular weight excluding hydrogens is 286 g/mol. The maximum Gasteiger partial charge on any atom is 0.225 e. The zero-order valence-electron chi connectivity index (χ0n) is 12.5. The summed E-state index contributed by atoms with van der Waals surface area (Å²) in [6.45, 7) is 3.27. The maximum atomic E-state index is 10.4. The predicted molar refractivity (Wildman–Crippen MR) is 80.4 cm³/mol. The molecule has 0 spiro atoms. The highest BCUT2D eigenvalue weighted by atomic mass is 16.5. The van der Waals surface area contributed by atoms with Crippen LogP contribution in [0.4, 0.5) is 5.95 Å². The van der Waals surface area contributed by atoms with Gasteiger partial charge >= 0.3 is 0 Å². The summed E-state index contributed by atoms with van der Waals surface area (Å²) in [6.07, 6.45) is 1.97. The molecule has 0 aliphatic carbocycles. The molecule has 22 heavy (non-hydrogen) atoms. The van der Waals surface area contributed by atoms with Crippen LogP contribution in [-0.2, 0) is 4.74 Å². The number of hydrogen-bond acceptors (Lipinski definition) is 8. The van der Waals surface area contributed by atoms with Gasteiger partial charge in [-0.1, -0.05) is 0 Å². The molecule has 0 aromatic carbocycles. The second-order valence-electron chi connectivity index (χ2n) is 5.68. The Hall–Kier alpha value is -1.32. The molecule has 3 heterocycles. The largest absolute Gasteiger partial charge is 0.394 e. The summed E-state index contributed by atoms with van der Waals surface area (Å²) < 4.78 is 5.64. The van der Waals surface area contributed by atoms with Crippen LogP contribution in [-0.4, -0.2) is 88.8 Å². The molecular formula is C14H23N5O3. The first-order chi connectivity index (χ1) is 10.7. The molecule has 1 aromatic heterocycles. The molecule has 2 saturated heterocycles. The minimum atomic E-state index is -0.710. The van der Waals surface area contributed by atoms with Crippen LogP contribution in [0, 0.1) is 0 Å². The van der Waals surface area contributed by atoms with Gasteiger partial charge in [-0.25, -0.2) is 9.97 Å². The Morgan fingerprint density at radius 3 is 2.45 bits per heavy atom. The quantitative estimate of drug-likeness (QED) is 0.589. The van der Waals surface area contributed by atoms with Gasteiger partial charge in [0.15, 0.2) is 0 Å². The molecule has 0 unspecified atom stereocenters. The smallest absolute Gasteiger partial charge is 0.225 e. The fourth-order valence-electron chi connectivity index (χ4n) is 3.30. The van der Waals surface area contributed by atoms with E-state index in [0.717, 1.165) is 32.1 Å². The lowest BCUT2D eigenvalue weighted by Gasteiger charge is -2.40. The number of aliphatic hydroxyl groups excluding tert-OH is 2. The molecule has 4 atom stereocenters. The lowest BCUT2D eigenvalue weighted by molar-refractivity contribution is -0.0193. The second kappa shape index (κ2) is 6.84. The van der Waals surface area contributed by atoms with Crippen LogP contribution in [0.15, 0.2) is 18.5 Å². The van der Waals surface area contributed by atoms with E-state index in [1.165, 1.54) is 0 Å². The fraction of sp³-hybridized carbons (Fsp3) is 0.714. The SMILES string of the molecule is NC[C@H]1O[C@@H](CO)[C@@H](O)[C@@H]1N1CCN(c2ncccn2)CC1. The van der Waals surface area contributed by atoms with Crippen molar-refractivity contribution in [1.29, 1.82) is 0 Å². The standard InChI is InChI=1S/C14H23N5O3/c15-8-10-12(13(21)11(9-20)22-10)18-4-6-19(7-5-18)14-16-2-1-3-17-14/h1-3,10-13,20-21H,4-9,15H2/t10-,11+,12-,13-/m1/s1. The zero-order chi connectivity index (χ0) is 15.5. The van der Waals surface area contributed by atoms with Gasteiger partial charge in [-0.15, -0.1) is 0 Å². The number of nitrogens with zero attached hydrogens (tertiary/aromatic N) is 4. The van der Waals surface area contributed by atoms with E-state index in [1.807, 2.05) is 0 Å². The summed E-state index contributed by atoms with van der Waals surface area (Å²) in [7, 11) is 0. The molecule has 0 amide bonds. The number of aliphatic hydroxyl groups is 2. The Morgan fingerprint density at radius 1 is 1.18 bits per heavy atom. The van der Waals surface area contributed by atoms with E-state index in [-0.39, 0.29) is 18.8 Å². The van der Waals surface area contributed by atoms with Gasteiger partial charge < -0.3 is 25.6 Å². The van der Waals surface area contributed by atoms with E-state index in [2.05, 4.69) is 19.8 Å². The van der Waals surface area contributed by atoms with E-state index in [1.54, 1.807) is 18.5 Å². The summed E-state index contributed by atoms with van der Waals surface area (Å²) in [5.41, 5.74) is 5.75. The summed E-state index contributed by atoms with van der Waals surface area (Å²) in [5, 5.41) is 19.7. The minimum Gasteiger partial charge on any atom is -0.394 e. The molecule has 0 radical (unpaired) electrons. The van der Waals surface area contributed by atoms with Crippen molar-refractivity contribution in [3.63, 3.8) is 0 Å². The highest BCUT2D eigenvalue weighted by Crippen LogP contribution is 2.26. The molecule has 8 heteroatoms. The van der Waals surface area contributed by atoms with Gasteiger partial charge in [-0.05, 0) is 6.07 Å². The first-order valence-corrected chi connectivity index (χ1v) is 7.65. The highest BCUT2D eigenvalue weighted by molar-refractivity contribution is 5.29. The van der Waals surface area contributed by atoms with Gasteiger partial charge in [-0.2, -0.15) is 0 Å². The van der Waals surface area contributed by atoms with Crippen LogP contribution in [0.25, 0.3) is 0 Å². The third kappa shape index (κ3) is 2.92. The van der Waals surface area contributed by atoms with E-state index in [4.69, 9.17) is 10.5 Å². The molecule has 2 aliphatic heterocycles. The minimum absolute atomic E-state index is 0.166. The van der Waals surface area contributed by atoms with Crippen molar-refractivity contribution in [2.45, 2.75) is 24.4 Å². The zero-order valence-corrected chi connectivity index (χ0v) is 12.5. The van der Waals surface area contributed by atoms with Crippen molar-refractivity contribution in [3.05, 3.63) is 18.5 Å². The van der Waals surface area contributed by atoms with Crippen LogP contribution >= 0.6 is 0 Å². The maximum absolute atomic E-state index is 10.4. The fourth-order valence-corrected chi connectivity index (χ4v) is 3.30. The van der Waals surface area contributed by atoms with E-state index < -0.39 is 12.2 Å². The monoisotopic (exact) mass is 309 g/mol. The third-order valence-corrected chi connectivity index (χ3v) is 4.44. The van der Waals surface area contributed by atoms with Gasteiger partial charge in [0.05, 0.1) is 18.8 Å². The average Bonchev–Trinajstić information content (AvgIpc) is 2.91. The van der Waals surface area contributed by atoms with Crippen LogP contribution in [0.1, 0.15) is 0 Å². The molecule has 0 bridgehead atoms. The molecule has 2 aliphatic rings. The van der Waals surface area contributed by atoms with Crippen molar-refractivity contribution >= 4 is 5.95 Å². The number of ether oxygens (including phenoxy) is 1. The Labute approximate surface area is 129 Å². The van der Waals surface area contributed by atoms with Crippen LogP contribution in [0.2, 0.25) is 0 Å². The van der Waals surface area contributed by atoms with Gasteiger partial charge in [0.1, 0.15) is 12.2 Å². The Bertz CT molecular complexity index is 467. The van der Waals surface area contributed by atoms with E-state index in [0.29, 0.717) is 6.54 Å². The van der Waals surface area contributed by atoms with E-state index >= 15 is 0 Å². The topological polar surface area (TPSA) is 108 Å². The van der Waals surface area contributed by atoms with E-state index in [9.17, 15) is 10.2 Å². The van der Waals surface area contributed by atoms with Gasteiger partial charge in [-0.3, -0.25) is 4.90 Å². The second-order valence-corrected chi connectivity index (χ2v) is 5.68. The molecule has 122 valence electrons.